The van der Waals surface area contributed by atoms with Crippen LogP contribution in [0, 0.1) is 0 Å². The summed E-state index contributed by atoms with van der Waals surface area (Å²) in [5, 5.41) is 3.57. The molecule has 2 nitrogen and oxygen atoms in total. The Hall–Kier alpha value is -0.790. The Kier molecular flexibility index (Phi) is 0.638. The molecule has 0 aromatic rings. The second-order valence-corrected chi connectivity index (χ2v) is 1.23. The van der Waals surface area contributed by atoms with E-state index < -0.39 is 0 Å². The molecule has 0 unspecified atom stereocenters. The first-order valence-corrected chi connectivity index (χ1v) is 1.79. The molecule has 0 aliphatic carbocycles. The highest BCUT2D eigenvalue weighted by molar-refractivity contribution is 5.78. The zero-order valence-corrected chi connectivity index (χ0v) is 3.55. The summed E-state index contributed by atoms with van der Waals surface area (Å²) in [5.41, 5.74) is 4.69. The fraction of sp³-hybridized carbons (Fsp3) is 0.250. The van der Waals surface area contributed by atoms with Gasteiger partial charge >= 0.3 is 0 Å². The van der Waals surface area contributed by atoms with Crippen LogP contribution in [0.15, 0.2) is 16.9 Å². The van der Waals surface area contributed by atoms with Crippen LogP contribution in [0.25, 0.3) is 0 Å². The summed E-state index contributed by atoms with van der Waals surface area (Å²) < 4.78 is 0. The quantitative estimate of drug-likeness (QED) is 0.406. The standard InChI is InChI=1S/C4H5N2/c1-4-2-5-6-3-4/h2-3H,1H3. The van der Waals surface area contributed by atoms with Crippen LogP contribution in [0.3, 0.4) is 0 Å². The topological polar surface area (TPSA) is 26.5 Å². The molecule has 0 atom stereocenters. The smallest absolute Gasteiger partial charge is 0.0540 e. The van der Waals surface area contributed by atoms with Gasteiger partial charge in [0.1, 0.15) is 0 Å². The van der Waals surface area contributed by atoms with Crippen molar-refractivity contribution in [3.63, 3.8) is 0 Å². The Labute approximate surface area is 36.6 Å². The molecule has 0 saturated carbocycles. The van der Waals surface area contributed by atoms with E-state index in [-0.39, 0.29) is 0 Å². The van der Waals surface area contributed by atoms with E-state index in [0.29, 0.717) is 0 Å². The van der Waals surface area contributed by atoms with E-state index in [1.54, 1.807) is 12.4 Å². The number of rotatable bonds is 0. The van der Waals surface area contributed by atoms with Gasteiger partial charge in [-0.1, -0.05) is 0 Å². The van der Waals surface area contributed by atoms with Crippen LogP contribution >= 0.6 is 0 Å². The molecule has 0 fully saturated rings. The number of allylic oxidation sites excluding steroid dienone is 1. The van der Waals surface area contributed by atoms with Crippen LogP contribution in [0.5, 0.6) is 0 Å². The fourth-order valence-corrected chi connectivity index (χ4v) is 0.282. The van der Waals surface area contributed by atoms with Gasteiger partial charge in [0.15, 0.2) is 0 Å². The molecule has 1 aliphatic rings. The molecule has 0 N–H and O–H groups in total. The van der Waals surface area contributed by atoms with Crippen molar-refractivity contribution in [3.8, 4) is 0 Å². The molecule has 1 heterocycles. The summed E-state index contributed by atoms with van der Waals surface area (Å²) in [4.78, 5) is 0. The van der Waals surface area contributed by atoms with Crippen molar-refractivity contribution in [1.29, 1.82) is 0 Å². The van der Waals surface area contributed by atoms with Crippen LogP contribution in [-0.2, 0) is 0 Å². The summed E-state index contributed by atoms with van der Waals surface area (Å²) in [5.74, 6) is 0. The minimum Gasteiger partial charge on any atom is -0.159 e. The molecule has 0 saturated heterocycles. The second kappa shape index (κ2) is 1.12. The van der Waals surface area contributed by atoms with Crippen molar-refractivity contribution < 1.29 is 0 Å². The molecule has 0 aromatic carbocycles. The first-order chi connectivity index (χ1) is 2.89. The normalized spacial score (nSPS) is 17.2. The molecule has 0 spiro atoms. The van der Waals surface area contributed by atoms with Gasteiger partial charge in [-0.05, 0) is 12.5 Å². The molecule has 1 radical (unpaired) electrons. The molecule has 0 amide bonds. The lowest BCUT2D eigenvalue weighted by atomic mass is 10.4. The largest absolute Gasteiger partial charge is 0.159 e. The summed E-state index contributed by atoms with van der Waals surface area (Å²) in [6.07, 6.45) is 3.44. The number of hydrogen-bond acceptors (Lipinski definition) is 1. The van der Waals surface area contributed by atoms with Crippen molar-refractivity contribution in [2.24, 2.45) is 5.10 Å². The maximum Gasteiger partial charge on any atom is 0.0540 e. The molecule has 0 aromatic heterocycles. The molecule has 31 valence electrons. The van der Waals surface area contributed by atoms with E-state index in [4.69, 9.17) is 0 Å². The van der Waals surface area contributed by atoms with Gasteiger partial charge in [-0.2, -0.15) is 10.5 Å². The highest BCUT2D eigenvalue weighted by Gasteiger charge is 1.86. The molecule has 1 aliphatic heterocycles. The van der Waals surface area contributed by atoms with Gasteiger partial charge in [-0.15, -0.1) is 0 Å². The van der Waals surface area contributed by atoms with Crippen LogP contribution in [0.4, 0.5) is 0 Å². The van der Waals surface area contributed by atoms with Crippen LogP contribution in [-0.4, -0.2) is 6.21 Å². The van der Waals surface area contributed by atoms with Gasteiger partial charge in [0.05, 0.1) is 12.4 Å². The van der Waals surface area contributed by atoms with Gasteiger partial charge in [-0.3, -0.25) is 0 Å². The van der Waals surface area contributed by atoms with Gasteiger partial charge in [0, 0.05) is 0 Å². The predicted octanol–water partition coefficient (Wildman–Crippen LogP) is 0.494. The first kappa shape index (κ1) is 3.40. The molecule has 6 heavy (non-hydrogen) atoms. The van der Waals surface area contributed by atoms with Crippen molar-refractivity contribution >= 4 is 6.21 Å². The minimum absolute atomic E-state index is 1.12. The number of nitrogens with zero attached hydrogens (tertiary/aromatic N) is 2. The summed E-state index contributed by atoms with van der Waals surface area (Å²) in [6.45, 7) is 1.96. The SMILES string of the molecule is CC1=C[N]N=C1. The van der Waals surface area contributed by atoms with E-state index in [1.807, 2.05) is 6.92 Å². The van der Waals surface area contributed by atoms with E-state index in [1.165, 1.54) is 0 Å². The Bertz CT molecular complexity index is 99.4. The van der Waals surface area contributed by atoms with E-state index >= 15 is 0 Å². The average molecular weight is 81.1 g/mol. The van der Waals surface area contributed by atoms with E-state index in [9.17, 15) is 0 Å². The molecule has 1 rings (SSSR count). The molecular weight excluding hydrogens is 76.1 g/mol. The van der Waals surface area contributed by atoms with E-state index in [2.05, 4.69) is 10.5 Å². The van der Waals surface area contributed by atoms with Crippen molar-refractivity contribution in [2.45, 2.75) is 6.92 Å². The monoisotopic (exact) mass is 81.0 g/mol. The van der Waals surface area contributed by atoms with Crippen LogP contribution < -0.4 is 5.43 Å². The van der Waals surface area contributed by atoms with Gasteiger partial charge < -0.3 is 0 Å². The summed E-state index contributed by atoms with van der Waals surface area (Å²) >= 11 is 0. The first-order valence-electron chi connectivity index (χ1n) is 1.79. The lowest BCUT2D eigenvalue weighted by molar-refractivity contribution is 0.974. The second-order valence-electron chi connectivity index (χ2n) is 1.23. The van der Waals surface area contributed by atoms with Crippen LogP contribution in [0.2, 0.25) is 0 Å². The maximum atomic E-state index is 3.57. The van der Waals surface area contributed by atoms with Crippen LogP contribution in [0.1, 0.15) is 6.92 Å². The zero-order valence-electron chi connectivity index (χ0n) is 3.55. The van der Waals surface area contributed by atoms with Gasteiger partial charge in [0.2, 0.25) is 0 Å². The molecular formula is C4H5N2. The van der Waals surface area contributed by atoms with Gasteiger partial charge in [-0.25, -0.2) is 0 Å². The van der Waals surface area contributed by atoms with Crippen molar-refractivity contribution in [1.82, 2.24) is 5.43 Å². The Morgan fingerprint density at radius 2 is 2.50 bits per heavy atom. The Morgan fingerprint density at radius 3 is 2.67 bits per heavy atom. The van der Waals surface area contributed by atoms with Crippen molar-refractivity contribution in [2.75, 3.05) is 0 Å². The third kappa shape index (κ3) is 0.407. The maximum absolute atomic E-state index is 3.57. The Morgan fingerprint density at radius 1 is 1.67 bits per heavy atom. The lowest BCUT2D eigenvalue weighted by Gasteiger charge is -1.67. The van der Waals surface area contributed by atoms with E-state index in [0.717, 1.165) is 5.57 Å². The average Bonchev–Trinajstić information content (AvgIpc) is 1.86. The minimum atomic E-state index is 1.12. The molecule has 2 heteroatoms. The van der Waals surface area contributed by atoms with Crippen molar-refractivity contribution in [3.05, 3.63) is 11.8 Å². The third-order valence-corrected chi connectivity index (χ3v) is 0.589. The van der Waals surface area contributed by atoms with Gasteiger partial charge in [0.25, 0.3) is 0 Å². The zero-order chi connectivity index (χ0) is 4.41. The summed E-state index contributed by atoms with van der Waals surface area (Å²) in [7, 11) is 0. The lowest BCUT2D eigenvalue weighted by Crippen LogP contribution is -1.69. The highest BCUT2D eigenvalue weighted by Crippen LogP contribution is 1.90. The predicted molar refractivity (Wildman–Crippen MR) is 24.4 cm³/mol. The summed E-state index contributed by atoms with van der Waals surface area (Å²) in [6, 6.07) is 0. The third-order valence-electron chi connectivity index (χ3n) is 0.589. The number of hydrogen-bond donors (Lipinski definition) is 0. The highest BCUT2D eigenvalue weighted by atomic mass is 15.3. The Balaban J connectivity index is 2.68. The fourth-order valence-electron chi connectivity index (χ4n) is 0.282. The molecule has 0 bridgehead atoms.